The number of hydrogen-bond donors (Lipinski definition) is 1. The summed E-state index contributed by atoms with van der Waals surface area (Å²) in [5.74, 6) is 0.296. The number of nitrogens with zero attached hydrogens (tertiary/aromatic N) is 3. The van der Waals surface area contributed by atoms with Crippen LogP contribution in [0.4, 0.5) is 5.82 Å². The fourth-order valence-electron chi connectivity index (χ4n) is 2.86. The van der Waals surface area contributed by atoms with Gasteiger partial charge in [0.25, 0.3) is 0 Å². The minimum Gasteiger partial charge on any atom is -0.382 e. The fraction of sp³-hybridized carbons (Fsp3) is 0.389. The molecule has 2 N–H and O–H groups in total. The van der Waals surface area contributed by atoms with Crippen LogP contribution in [0.5, 0.6) is 0 Å². The largest absolute Gasteiger partial charge is 0.382 e. The van der Waals surface area contributed by atoms with Gasteiger partial charge >= 0.3 is 0 Å². The van der Waals surface area contributed by atoms with Gasteiger partial charge in [-0.05, 0) is 25.3 Å². The average molecular weight is 324 g/mol. The molecule has 0 radical (unpaired) electrons. The van der Waals surface area contributed by atoms with E-state index in [0.29, 0.717) is 28.2 Å². The van der Waals surface area contributed by atoms with Crippen molar-refractivity contribution in [3.05, 3.63) is 46.6 Å². The van der Waals surface area contributed by atoms with Crippen LogP contribution in [0, 0.1) is 18.3 Å². The van der Waals surface area contributed by atoms with Crippen LogP contribution >= 0.6 is 11.8 Å². The molecule has 0 aliphatic heterocycles. The van der Waals surface area contributed by atoms with Gasteiger partial charge in [0.1, 0.15) is 17.5 Å². The van der Waals surface area contributed by atoms with Crippen molar-refractivity contribution < 1.29 is 0 Å². The molecule has 2 aromatic rings. The minimum absolute atomic E-state index is 0.296. The Morgan fingerprint density at radius 3 is 2.57 bits per heavy atom. The zero-order valence-corrected chi connectivity index (χ0v) is 14.1. The van der Waals surface area contributed by atoms with Crippen LogP contribution in [-0.2, 0) is 6.42 Å². The van der Waals surface area contributed by atoms with Crippen molar-refractivity contribution in [2.24, 2.45) is 0 Å². The lowest BCUT2D eigenvalue weighted by Gasteiger charge is -2.11. The second kappa shape index (κ2) is 7.01. The van der Waals surface area contributed by atoms with E-state index in [2.05, 4.69) is 47.2 Å². The second-order valence-electron chi connectivity index (χ2n) is 6.01. The third-order valence-corrected chi connectivity index (χ3v) is 5.37. The third kappa shape index (κ3) is 3.83. The van der Waals surface area contributed by atoms with E-state index >= 15 is 0 Å². The molecule has 23 heavy (non-hydrogen) atoms. The molecule has 1 heterocycles. The Kier molecular flexibility index (Phi) is 4.82. The van der Waals surface area contributed by atoms with Crippen LogP contribution in [0.3, 0.4) is 0 Å². The van der Waals surface area contributed by atoms with Gasteiger partial charge in [0, 0.05) is 11.7 Å². The maximum Gasteiger partial charge on any atom is 0.190 e. The standard InChI is InChI=1S/C18H20N4S/c1-12-6-8-13(9-7-12)10-16-15(11-19)17(20)22-18(21-16)23-14-4-2-3-5-14/h6-9,14H,2-5,10H2,1H3,(H2,20,21,22). The highest BCUT2D eigenvalue weighted by atomic mass is 32.2. The summed E-state index contributed by atoms with van der Waals surface area (Å²) in [6.07, 6.45) is 5.58. The van der Waals surface area contributed by atoms with E-state index in [1.807, 2.05) is 0 Å². The Morgan fingerprint density at radius 1 is 1.22 bits per heavy atom. The van der Waals surface area contributed by atoms with Crippen LogP contribution < -0.4 is 5.73 Å². The maximum atomic E-state index is 9.38. The van der Waals surface area contributed by atoms with Gasteiger partial charge in [-0.1, -0.05) is 54.4 Å². The van der Waals surface area contributed by atoms with Crippen molar-refractivity contribution in [1.29, 1.82) is 5.26 Å². The molecule has 1 aliphatic rings. The van der Waals surface area contributed by atoms with Crippen molar-refractivity contribution in [2.45, 2.75) is 49.4 Å². The molecule has 0 spiro atoms. The van der Waals surface area contributed by atoms with Gasteiger partial charge in [0.05, 0.1) is 5.69 Å². The Bertz CT molecular complexity index is 728. The monoisotopic (exact) mass is 324 g/mol. The molecule has 118 valence electrons. The Labute approximate surface area is 141 Å². The topological polar surface area (TPSA) is 75.6 Å². The smallest absolute Gasteiger partial charge is 0.190 e. The molecule has 1 fully saturated rings. The first kappa shape index (κ1) is 15.8. The van der Waals surface area contributed by atoms with Crippen LogP contribution in [0.25, 0.3) is 0 Å². The molecule has 1 aromatic heterocycles. The minimum atomic E-state index is 0.296. The van der Waals surface area contributed by atoms with E-state index in [1.54, 1.807) is 11.8 Å². The first-order chi connectivity index (χ1) is 11.2. The predicted octanol–water partition coefficient (Wildman–Crippen LogP) is 3.86. The van der Waals surface area contributed by atoms with Crippen molar-refractivity contribution in [1.82, 2.24) is 9.97 Å². The summed E-state index contributed by atoms with van der Waals surface area (Å²) in [7, 11) is 0. The van der Waals surface area contributed by atoms with Gasteiger partial charge in [-0.15, -0.1) is 0 Å². The summed E-state index contributed by atoms with van der Waals surface area (Å²) in [5, 5.41) is 10.7. The molecule has 1 saturated carbocycles. The van der Waals surface area contributed by atoms with E-state index in [1.165, 1.54) is 31.2 Å². The molecule has 0 unspecified atom stereocenters. The molecule has 5 heteroatoms. The molecule has 0 bridgehead atoms. The summed E-state index contributed by atoms with van der Waals surface area (Å²) in [5.41, 5.74) is 9.47. The number of aromatic nitrogens is 2. The number of nitrogens with two attached hydrogens (primary N) is 1. The van der Waals surface area contributed by atoms with Gasteiger partial charge in [0.2, 0.25) is 0 Å². The Balaban J connectivity index is 1.88. The molecule has 0 saturated heterocycles. The quantitative estimate of drug-likeness (QED) is 0.864. The molecular formula is C18H20N4S. The number of anilines is 1. The van der Waals surface area contributed by atoms with E-state index in [-0.39, 0.29) is 0 Å². The lowest BCUT2D eigenvalue weighted by atomic mass is 10.0. The number of benzene rings is 1. The zero-order valence-electron chi connectivity index (χ0n) is 13.2. The van der Waals surface area contributed by atoms with Gasteiger partial charge in [-0.25, -0.2) is 9.97 Å². The first-order valence-electron chi connectivity index (χ1n) is 7.94. The molecule has 4 nitrogen and oxygen atoms in total. The second-order valence-corrected chi connectivity index (χ2v) is 7.28. The SMILES string of the molecule is Cc1ccc(Cc2nc(SC3CCCC3)nc(N)c2C#N)cc1. The molecular weight excluding hydrogens is 304 g/mol. The Morgan fingerprint density at radius 2 is 1.91 bits per heavy atom. The summed E-state index contributed by atoms with van der Waals surface area (Å²) >= 11 is 1.70. The van der Waals surface area contributed by atoms with Gasteiger partial charge < -0.3 is 5.73 Å². The number of nitriles is 1. The summed E-state index contributed by atoms with van der Waals surface area (Å²) in [6.45, 7) is 2.06. The predicted molar refractivity (Wildman–Crippen MR) is 93.3 cm³/mol. The highest BCUT2D eigenvalue weighted by Gasteiger charge is 2.20. The van der Waals surface area contributed by atoms with Crippen molar-refractivity contribution in [3.8, 4) is 6.07 Å². The van der Waals surface area contributed by atoms with Crippen molar-refractivity contribution >= 4 is 17.6 Å². The van der Waals surface area contributed by atoms with Crippen LogP contribution in [0.1, 0.15) is 48.1 Å². The number of hydrogen-bond acceptors (Lipinski definition) is 5. The van der Waals surface area contributed by atoms with Crippen LogP contribution in [0.2, 0.25) is 0 Å². The fourth-order valence-corrected chi connectivity index (χ4v) is 4.04. The molecule has 0 atom stereocenters. The maximum absolute atomic E-state index is 9.38. The van der Waals surface area contributed by atoms with Crippen LogP contribution in [0.15, 0.2) is 29.4 Å². The lowest BCUT2D eigenvalue weighted by molar-refractivity contribution is 0.866. The first-order valence-corrected chi connectivity index (χ1v) is 8.82. The molecule has 0 amide bonds. The van der Waals surface area contributed by atoms with Crippen molar-refractivity contribution in [2.75, 3.05) is 5.73 Å². The molecule has 3 rings (SSSR count). The van der Waals surface area contributed by atoms with Gasteiger partial charge in [-0.3, -0.25) is 0 Å². The van der Waals surface area contributed by atoms with Crippen molar-refractivity contribution in [3.63, 3.8) is 0 Å². The Hall–Kier alpha value is -2.06. The number of rotatable bonds is 4. The summed E-state index contributed by atoms with van der Waals surface area (Å²) in [4.78, 5) is 8.97. The summed E-state index contributed by atoms with van der Waals surface area (Å²) < 4.78 is 0. The number of aryl methyl sites for hydroxylation is 1. The van der Waals surface area contributed by atoms with E-state index in [4.69, 9.17) is 5.73 Å². The van der Waals surface area contributed by atoms with Gasteiger partial charge in [0.15, 0.2) is 5.16 Å². The highest BCUT2D eigenvalue weighted by molar-refractivity contribution is 7.99. The number of nitrogen functional groups attached to an aromatic ring is 1. The highest BCUT2D eigenvalue weighted by Crippen LogP contribution is 2.34. The zero-order chi connectivity index (χ0) is 16.2. The van der Waals surface area contributed by atoms with Gasteiger partial charge in [-0.2, -0.15) is 5.26 Å². The normalized spacial score (nSPS) is 14.8. The molecule has 1 aromatic carbocycles. The van der Waals surface area contributed by atoms with Crippen LogP contribution in [-0.4, -0.2) is 15.2 Å². The summed E-state index contributed by atoms with van der Waals surface area (Å²) in [6, 6.07) is 10.4. The van der Waals surface area contributed by atoms with E-state index in [9.17, 15) is 5.26 Å². The number of thioether (sulfide) groups is 1. The average Bonchev–Trinajstić information content (AvgIpc) is 3.02. The van der Waals surface area contributed by atoms with E-state index < -0.39 is 0 Å². The molecule has 1 aliphatic carbocycles. The lowest BCUT2D eigenvalue weighted by Crippen LogP contribution is -2.07. The third-order valence-electron chi connectivity index (χ3n) is 4.17. The van der Waals surface area contributed by atoms with E-state index in [0.717, 1.165) is 11.3 Å².